The molecule has 112 valence electrons. The molecule has 1 aliphatic carbocycles. The highest BCUT2D eigenvalue weighted by Gasteiger charge is 2.47. The second-order valence-electron chi connectivity index (χ2n) is 5.72. The summed E-state index contributed by atoms with van der Waals surface area (Å²) in [4.78, 5) is 2.36. The number of nitrogens with two attached hydrogens (primary N) is 1. The van der Waals surface area contributed by atoms with Crippen molar-refractivity contribution >= 4 is 0 Å². The van der Waals surface area contributed by atoms with Crippen LogP contribution in [0.15, 0.2) is 24.3 Å². The minimum Gasteiger partial charge on any atom is -0.497 e. The van der Waals surface area contributed by atoms with Crippen LogP contribution in [-0.4, -0.2) is 44.9 Å². The summed E-state index contributed by atoms with van der Waals surface area (Å²) in [5.74, 6) is 1.55. The van der Waals surface area contributed by atoms with E-state index in [-0.39, 0.29) is 5.54 Å². The minimum absolute atomic E-state index is 0.0331. The van der Waals surface area contributed by atoms with Crippen molar-refractivity contribution in [3.8, 4) is 5.75 Å². The van der Waals surface area contributed by atoms with E-state index in [1.54, 1.807) is 14.2 Å². The van der Waals surface area contributed by atoms with Gasteiger partial charge in [-0.1, -0.05) is 12.1 Å². The molecule has 0 aromatic heterocycles. The maximum Gasteiger partial charge on any atom is 0.118 e. The van der Waals surface area contributed by atoms with Crippen LogP contribution in [0.3, 0.4) is 0 Å². The van der Waals surface area contributed by atoms with Gasteiger partial charge in [0.15, 0.2) is 0 Å². The predicted octanol–water partition coefficient (Wildman–Crippen LogP) is 1.88. The van der Waals surface area contributed by atoms with Crippen LogP contribution in [0.25, 0.3) is 0 Å². The normalized spacial score (nSPS) is 18.1. The zero-order chi connectivity index (χ0) is 14.6. The van der Waals surface area contributed by atoms with Crippen LogP contribution >= 0.6 is 0 Å². The summed E-state index contributed by atoms with van der Waals surface area (Å²) in [5, 5.41) is 0. The van der Waals surface area contributed by atoms with E-state index in [1.165, 1.54) is 18.4 Å². The first-order valence-electron chi connectivity index (χ1n) is 7.19. The van der Waals surface area contributed by atoms with Crippen LogP contribution in [0.1, 0.15) is 18.4 Å². The van der Waals surface area contributed by atoms with Crippen molar-refractivity contribution < 1.29 is 9.47 Å². The fourth-order valence-electron chi connectivity index (χ4n) is 2.95. The number of likely N-dealkylation sites (N-methyl/N-ethyl adjacent to an activating group) is 1. The Bertz CT molecular complexity index is 417. The minimum atomic E-state index is -0.0331. The van der Waals surface area contributed by atoms with Crippen LogP contribution in [0.5, 0.6) is 5.75 Å². The van der Waals surface area contributed by atoms with Gasteiger partial charge in [-0.3, -0.25) is 4.90 Å². The molecule has 1 aromatic carbocycles. The molecule has 0 amide bonds. The molecule has 0 aliphatic heterocycles. The van der Waals surface area contributed by atoms with Gasteiger partial charge in [0.1, 0.15) is 5.75 Å². The molecule has 2 rings (SSSR count). The molecular weight excluding hydrogens is 252 g/mol. The zero-order valence-corrected chi connectivity index (χ0v) is 12.8. The Morgan fingerprint density at radius 1 is 1.25 bits per heavy atom. The highest BCUT2D eigenvalue weighted by atomic mass is 16.5. The number of rotatable bonds is 8. The molecule has 0 bridgehead atoms. The Balaban J connectivity index is 2.08. The van der Waals surface area contributed by atoms with Gasteiger partial charge < -0.3 is 15.2 Å². The highest BCUT2D eigenvalue weighted by Crippen LogP contribution is 2.43. The Labute approximate surface area is 121 Å². The van der Waals surface area contributed by atoms with E-state index in [9.17, 15) is 0 Å². The van der Waals surface area contributed by atoms with Gasteiger partial charge in [0.25, 0.3) is 0 Å². The lowest BCUT2D eigenvalue weighted by Gasteiger charge is -2.41. The van der Waals surface area contributed by atoms with E-state index < -0.39 is 0 Å². The second kappa shape index (κ2) is 6.57. The van der Waals surface area contributed by atoms with Gasteiger partial charge in [-0.05, 0) is 43.5 Å². The molecule has 2 N–H and O–H groups in total. The Morgan fingerprint density at radius 2 is 1.90 bits per heavy atom. The predicted molar refractivity (Wildman–Crippen MR) is 80.8 cm³/mol. The number of nitrogens with zero attached hydrogens (tertiary/aromatic N) is 1. The van der Waals surface area contributed by atoms with Crippen LogP contribution in [-0.2, 0) is 11.3 Å². The third kappa shape index (κ3) is 3.14. The third-order valence-electron chi connectivity index (χ3n) is 4.42. The van der Waals surface area contributed by atoms with Crippen LogP contribution in [0.2, 0.25) is 0 Å². The first kappa shape index (κ1) is 15.3. The standard InChI is InChI=1S/C16H26N2O2/c1-18(10-13-4-8-15(20-3)9-5-13)16(11-17,12-19-2)14-6-7-14/h4-5,8-9,14H,6-7,10-12,17H2,1-3H3. The zero-order valence-electron chi connectivity index (χ0n) is 12.8. The topological polar surface area (TPSA) is 47.7 Å². The third-order valence-corrected chi connectivity index (χ3v) is 4.42. The van der Waals surface area contributed by atoms with Crippen molar-refractivity contribution in [1.29, 1.82) is 0 Å². The molecule has 0 heterocycles. The highest BCUT2D eigenvalue weighted by molar-refractivity contribution is 5.27. The number of ether oxygens (including phenoxy) is 2. The number of methoxy groups -OCH3 is 2. The fourth-order valence-corrected chi connectivity index (χ4v) is 2.95. The van der Waals surface area contributed by atoms with Gasteiger partial charge in [0.2, 0.25) is 0 Å². The summed E-state index contributed by atoms with van der Waals surface area (Å²) in [6.45, 7) is 2.21. The molecule has 1 aliphatic rings. The molecule has 0 saturated heterocycles. The molecule has 1 unspecified atom stereocenters. The van der Waals surface area contributed by atoms with Crippen molar-refractivity contribution in [3.05, 3.63) is 29.8 Å². The summed E-state index contributed by atoms with van der Waals surface area (Å²) in [7, 11) is 5.59. The van der Waals surface area contributed by atoms with Crippen molar-refractivity contribution in [2.75, 3.05) is 34.4 Å². The van der Waals surface area contributed by atoms with E-state index in [4.69, 9.17) is 15.2 Å². The van der Waals surface area contributed by atoms with Crippen LogP contribution in [0.4, 0.5) is 0 Å². The SMILES string of the molecule is COCC(CN)(C1CC1)N(C)Cc1ccc(OC)cc1. The smallest absolute Gasteiger partial charge is 0.118 e. The van der Waals surface area contributed by atoms with Crippen molar-refractivity contribution in [3.63, 3.8) is 0 Å². The van der Waals surface area contributed by atoms with Gasteiger partial charge in [0, 0.05) is 20.2 Å². The summed E-state index contributed by atoms with van der Waals surface area (Å²) in [6, 6.07) is 8.22. The average molecular weight is 278 g/mol. The van der Waals surface area contributed by atoms with E-state index in [1.807, 2.05) is 12.1 Å². The molecule has 1 aromatic rings. The van der Waals surface area contributed by atoms with Crippen LogP contribution < -0.4 is 10.5 Å². The monoisotopic (exact) mass is 278 g/mol. The number of hydrogen-bond acceptors (Lipinski definition) is 4. The summed E-state index contributed by atoms with van der Waals surface area (Å²) in [6.07, 6.45) is 2.51. The molecule has 1 saturated carbocycles. The molecule has 1 atom stereocenters. The van der Waals surface area contributed by atoms with E-state index in [0.717, 1.165) is 12.3 Å². The summed E-state index contributed by atoms with van der Waals surface area (Å²) < 4.78 is 10.6. The molecule has 0 spiro atoms. The van der Waals surface area contributed by atoms with E-state index in [0.29, 0.717) is 19.1 Å². The van der Waals surface area contributed by atoms with Gasteiger partial charge in [-0.25, -0.2) is 0 Å². The van der Waals surface area contributed by atoms with Gasteiger partial charge in [-0.15, -0.1) is 0 Å². The Morgan fingerprint density at radius 3 is 2.35 bits per heavy atom. The summed E-state index contributed by atoms with van der Waals surface area (Å²) >= 11 is 0. The lowest BCUT2D eigenvalue weighted by molar-refractivity contribution is 0.0104. The average Bonchev–Trinajstić information content (AvgIpc) is 3.30. The first-order chi connectivity index (χ1) is 9.66. The molecular formula is C16H26N2O2. The van der Waals surface area contributed by atoms with Gasteiger partial charge in [0.05, 0.1) is 19.3 Å². The molecule has 0 radical (unpaired) electrons. The van der Waals surface area contributed by atoms with Gasteiger partial charge >= 0.3 is 0 Å². The van der Waals surface area contributed by atoms with Gasteiger partial charge in [-0.2, -0.15) is 0 Å². The fraction of sp³-hybridized carbons (Fsp3) is 0.625. The van der Waals surface area contributed by atoms with Crippen LogP contribution in [0, 0.1) is 5.92 Å². The molecule has 1 fully saturated rings. The maximum absolute atomic E-state index is 6.09. The Kier molecular flexibility index (Phi) is 5.02. The lowest BCUT2D eigenvalue weighted by atomic mass is 9.91. The second-order valence-corrected chi connectivity index (χ2v) is 5.72. The van der Waals surface area contributed by atoms with E-state index in [2.05, 4.69) is 24.1 Å². The quantitative estimate of drug-likeness (QED) is 0.789. The molecule has 4 heteroatoms. The molecule has 4 nitrogen and oxygen atoms in total. The van der Waals surface area contributed by atoms with E-state index >= 15 is 0 Å². The first-order valence-corrected chi connectivity index (χ1v) is 7.19. The number of hydrogen-bond donors (Lipinski definition) is 1. The lowest BCUT2D eigenvalue weighted by Crippen LogP contribution is -2.56. The van der Waals surface area contributed by atoms with Crippen molar-refractivity contribution in [1.82, 2.24) is 4.90 Å². The maximum atomic E-state index is 6.09. The molecule has 20 heavy (non-hydrogen) atoms. The van der Waals surface area contributed by atoms with Crippen molar-refractivity contribution in [2.24, 2.45) is 11.7 Å². The largest absolute Gasteiger partial charge is 0.497 e. The Hall–Kier alpha value is -1.10. The van der Waals surface area contributed by atoms with Crippen molar-refractivity contribution in [2.45, 2.75) is 24.9 Å². The summed E-state index contributed by atoms with van der Waals surface area (Å²) in [5.41, 5.74) is 7.33. The number of benzene rings is 1.